The minimum absolute atomic E-state index is 0.0266. The Morgan fingerprint density at radius 3 is 2.79 bits per heavy atom. The van der Waals surface area contributed by atoms with Crippen LogP contribution in [0.1, 0.15) is 18.2 Å². The van der Waals surface area contributed by atoms with Crippen molar-refractivity contribution in [2.24, 2.45) is 0 Å². The monoisotopic (exact) mass is 397 g/mol. The molecule has 0 spiro atoms. The van der Waals surface area contributed by atoms with E-state index in [0.717, 1.165) is 16.3 Å². The lowest BCUT2D eigenvalue weighted by Gasteiger charge is -2.08. The number of amides is 1. The quantitative estimate of drug-likeness (QED) is 0.464. The lowest BCUT2D eigenvalue weighted by molar-refractivity contribution is -0.385. The molecule has 0 atom stereocenters. The number of nitrogens with one attached hydrogen (secondary N) is 1. The highest BCUT2D eigenvalue weighted by Gasteiger charge is 2.16. The molecule has 0 radical (unpaired) electrons. The molecule has 0 saturated carbocycles. The summed E-state index contributed by atoms with van der Waals surface area (Å²) in [5.41, 5.74) is 2.34. The molecule has 0 saturated heterocycles. The highest BCUT2D eigenvalue weighted by atomic mass is 32.1. The first kappa shape index (κ1) is 19.5. The fourth-order valence-electron chi connectivity index (χ4n) is 2.75. The Labute approximate surface area is 166 Å². The number of nitro benzene ring substituents is 1. The van der Waals surface area contributed by atoms with E-state index in [9.17, 15) is 14.9 Å². The molecule has 0 fully saturated rings. The van der Waals surface area contributed by atoms with Crippen LogP contribution in [0.15, 0.2) is 47.8 Å². The van der Waals surface area contributed by atoms with Gasteiger partial charge in [0.15, 0.2) is 0 Å². The molecule has 1 aromatic heterocycles. The second-order valence-corrected chi connectivity index (χ2v) is 6.86. The van der Waals surface area contributed by atoms with Crippen LogP contribution in [0.3, 0.4) is 0 Å². The van der Waals surface area contributed by atoms with Crippen molar-refractivity contribution in [3.8, 4) is 16.3 Å². The Hall–Kier alpha value is -3.26. The van der Waals surface area contributed by atoms with Crippen LogP contribution in [0.25, 0.3) is 10.6 Å². The molecule has 0 aliphatic carbocycles. The van der Waals surface area contributed by atoms with E-state index in [4.69, 9.17) is 4.74 Å². The molecular formula is C20H19N3O4S. The molecule has 0 bridgehead atoms. The average Bonchev–Trinajstić information content (AvgIpc) is 3.12. The molecule has 2 aromatic carbocycles. The lowest BCUT2D eigenvalue weighted by atomic mass is 10.1. The zero-order valence-corrected chi connectivity index (χ0v) is 16.3. The zero-order chi connectivity index (χ0) is 20.1. The molecule has 1 amide bonds. The summed E-state index contributed by atoms with van der Waals surface area (Å²) in [4.78, 5) is 27.5. The molecule has 1 N–H and O–H groups in total. The highest BCUT2D eigenvalue weighted by molar-refractivity contribution is 7.13. The van der Waals surface area contributed by atoms with Gasteiger partial charge in [-0.15, -0.1) is 11.3 Å². The van der Waals surface area contributed by atoms with Crippen molar-refractivity contribution in [3.05, 3.63) is 69.2 Å². The van der Waals surface area contributed by atoms with E-state index in [1.54, 1.807) is 19.1 Å². The van der Waals surface area contributed by atoms with E-state index < -0.39 is 4.92 Å². The largest absolute Gasteiger partial charge is 0.493 e. The smallest absolute Gasteiger partial charge is 0.274 e. The number of para-hydroxylation sites is 1. The summed E-state index contributed by atoms with van der Waals surface area (Å²) in [6, 6.07) is 12.2. The summed E-state index contributed by atoms with van der Waals surface area (Å²) in [6.07, 6.45) is 0.0788. The van der Waals surface area contributed by atoms with Crippen molar-refractivity contribution >= 4 is 28.6 Å². The second kappa shape index (κ2) is 8.62. The summed E-state index contributed by atoms with van der Waals surface area (Å²) >= 11 is 1.44. The fraction of sp³-hybridized carbons (Fsp3) is 0.200. The van der Waals surface area contributed by atoms with Crippen molar-refractivity contribution in [2.45, 2.75) is 20.3 Å². The zero-order valence-electron chi connectivity index (χ0n) is 15.5. The number of benzene rings is 2. The third kappa shape index (κ3) is 4.34. The average molecular weight is 397 g/mol. The van der Waals surface area contributed by atoms with Gasteiger partial charge in [-0.2, -0.15) is 0 Å². The van der Waals surface area contributed by atoms with E-state index in [-0.39, 0.29) is 18.0 Å². The molecule has 0 unspecified atom stereocenters. The first-order chi connectivity index (χ1) is 13.5. The molecule has 0 aliphatic rings. The molecule has 3 rings (SSSR count). The number of carbonyl (C=O) groups is 1. The summed E-state index contributed by atoms with van der Waals surface area (Å²) in [7, 11) is 0. The SMILES string of the molecule is CCOc1ccccc1-c1nc(CC(=O)Nc2cccc([N+](=O)[O-])c2C)cs1. The van der Waals surface area contributed by atoms with Crippen LogP contribution in [0.2, 0.25) is 0 Å². The van der Waals surface area contributed by atoms with Crippen LogP contribution in [-0.2, 0) is 11.2 Å². The normalized spacial score (nSPS) is 10.5. The Balaban J connectivity index is 1.73. The van der Waals surface area contributed by atoms with Crippen LogP contribution >= 0.6 is 11.3 Å². The Kier molecular flexibility index (Phi) is 6.00. The number of anilines is 1. The molecular weight excluding hydrogens is 378 g/mol. The van der Waals surface area contributed by atoms with Crippen molar-refractivity contribution < 1.29 is 14.5 Å². The molecule has 1 heterocycles. The van der Waals surface area contributed by atoms with Gasteiger partial charge in [0, 0.05) is 11.4 Å². The van der Waals surface area contributed by atoms with Gasteiger partial charge in [0.1, 0.15) is 10.8 Å². The van der Waals surface area contributed by atoms with Gasteiger partial charge >= 0.3 is 0 Å². The third-order valence-corrected chi connectivity index (χ3v) is 5.01. The van der Waals surface area contributed by atoms with Gasteiger partial charge < -0.3 is 10.1 Å². The molecule has 28 heavy (non-hydrogen) atoms. The Morgan fingerprint density at radius 2 is 2.04 bits per heavy atom. The Morgan fingerprint density at radius 1 is 1.25 bits per heavy atom. The predicted octanol–water partition coefficient (Wildman–Crippen LogP) is 4.61. The van der Waals surface area contributed by atoms with Gasteiger partial charge in [0.2, 0.25) is 5.91 Å². The number of hydrogen-bond donors (Lipinski definition) is 1. The predicted molar refractivity (Wildman–Crippen MR) is 109 cm³/mol. The maximum absolute atomic E-state index is 12.4. The summed E-state index contributed by atoms with van der Waals surface area (Å²) < 4.78 is 5.64. The van der Waals surface area contributed by atoms with Gasteiger partial charge in [0.05, 0.1) is 40.5 Å². The minimum atomic E-state index is -0.465. The lowest BCUT2D eigenvalue weighted by Crippen LogP contribution is -2.15. The molecule has 8 heteroatoms. The van der Waals surface area contributed by atoms with Gasteiger partial charge in [0.25, 0.3) is 5.69 Å². The van der Waals surface area contributed by atoms with Crippen LogP contribution in [-0.4, -0.2) is 22.4 Å². The van der Waals surface area contributed by atoms with Crippen LogP contribution in [0.5, 0.6) is 5.75 Å². The Bertz CT molecular complexity index is 1020. The van der Waals surface area contributed by atoms with E-state index in [1.807, 2.05) is 36.6 Å². The first-order valence-electron chi connectivity index (χ1n) is 8.70. The maximum atomic E-state index is 12.4. The van der Waals surface area contributed by atoms with E-state index in [2.05, 4.69) is 10.3 Å². The topological polar surface area (TPSA) is 94.4 Å². The third-order valence-electron chi connectivity index (χ3n) is 4.09. The molecule has 3 aromatic rings. The number of aromatic nitrogens is 1. The maximum Gasteiger partial charge on any atom is 0.274 e. The number of rotatable bonds is 7. The van der Waals surface area contributed by atoms with E-state index in [1.165, 1.54) is 17.4 Å². The number of nitrogens with zero attached hydrogens (tertiary/aromatic N) is 2. The molecule has 144 valence electrons. The number of carbonyl (C=O) groups excluding carboxylic acids is 1. The highest BCUT2D eigenvalue weighted by Crippen LogP contribution is 2.32. The van der Waals surface area contributed by atoms with Crippen molar-refractivity contribution in [1.82, 2.24) is 4.98 Å². The summed E-state index contributed by atoms with van der Waals surface area (Å²) in [6.45, 7) is 4.09. The van der Waals surface area contributed by atoms with Crippen molar-refractivity contribution in [2.75, 3.05) is 11.9 Å². The van der Waals surface area contributed by atoms with Crippen molar-refractivity contribution in [1.29, 1.82) is 0 Å². The number of nitro groups is 1. The number of ether oxygens (including phenoxy) is 1. The molecule has 7 nitrogen and oxygen atoms in total. The molecule has 0 aliphatic heterocycles. The van der Waals surface area contributed by atoms with Gasteiger partial charge in [-0.25, -0.2) is 4.98 Å². The summed E-state index contributed by atoms with van der Waals surface area (Å²) in [5, 5.41) is 16.4. The standard InChI is InChI=1S/C20H19N3O4S/c1-3-27-18-10-5-4-7-15(18)20-21-14(12-28-20)11-19(24)22-16-8-6-9-17(13(16)2)23(25)26/h4-10,12H,3,11H2,1-2H3,(H,22,24). The van der Waals surface area contributed by atoms with E-state index >= 15 is 0 Å². The van der Waals surface area contributed by atoms with Gasteiger partial charge in [-0.3, -0.25) is 14.9 Å². The van der Waals surface area contributed by atoms with Crippen molar-refractivity contribution in [3.63, 3.8) is 0 Å². The van der Waals surface area contributed by atoms with E-state index in [0.29, 0.717) is 23.6 Å². The number of hydrogen-bond acceptors (Lipinski definition) is 6. The number of thiazole rings is 1. The second-order valence-electron chi connectivity index (χ2n) is 6.00. The summed E-state index contributed by atoms with van der Waals surface area (Å²) in [5.74, 6) is 0.473. The first-order valence-corrected chi connectivity index (χ1v) is 9.58. The minimum Gasteiger partial charge on any atom is -0.493 e. The van der Waals surface area contributed by atoms with Gasteiger partial charge in [-0.05, 0) is 32.0 Å². The fourth-order valence-corrected chi connectivity index (χ4v) is 3.60. The van der Waals surface area contributed by atoms with Crippen LogP contribution in [0, 0.1) is 17.0 Å². The van der Waals surface area contributed by atoms with Crippen LogP contribution < -0.4 is 10.1 Å². The van der Waals surface area contributed by atoms with Crippen LogP contribution in [0.4, 0.5) is 11.4 Å². The van der Waals surface area contributed by atoms with Gasteiger partial charge in [-0.1, -0.05) is 18.2 Å².